The molecule has 4 fully saturated rings. The maximum Gasteiger partial charge on any atom is 0.0612 e. The van der Waals surface area contributed by atoms with Crippen LogP contribution in [0.1, 0.15) is 78.1 Å². The molecule has 4 rings (SSSR count). The van der Waals surface area contributed by atoms with E-state index in [-0.39, 0.29) is 0 Å². The smallest absolute Gasteiger partial charge is 0.0612 e. The predicted octanol–water partition coefficient (Wildman–Crippen LogP) is 5.43. The van der Waals surface area contributed by atoms with Crippen LogP contribution in [-0.4, -0.2) is 13.2 Å². The molecule has 7 unspecified atom stereocenters. The summed E-state index contributed by atoms with van der Waals surface area (Å²) in [5, 5.41) is 0. The highest BCUT2D eigenvalue weighted by Gasteiger charge is 2.60. The molecular weight excluding hydrogens is 256 g/mol. The van der Waals surface area contributed by atoms with E-state index in [4.69, 9.17) is 4.74 Å². The second kappa shape index (κ2) is 4.98. The Bertz CT molecular complexity index is 405. The number of rotatable bonds is 1. The summed E-state index contributed by atoms with van der Waals surface area (Å²) in [6.45, 7) is 5.24. The fourth-order valence-corrected chi connectivity index (χ4v) is 7.62. The van der Waals surface area contributed by atoms with Crippen LogP contribution in [0.2, 0.25) is 0 Å². The molecule has 1 heteroatoms. The Hall–Kier alpha value is -0.0400. The van der Waals surface area contributed by atoms with Gasteiger partial charge in [0.15, 0.2) is 0 Å². The second-order valence-corrected chi connectivity index (χ2v) is 9.35. The average molecular weight is 290 g/mol. The summed E-state index contributed by atoms with van der Waals surface area (Å²) >= 11 is 0. The van der Waals surface area contributed by atoms with Gasteiger partial charge < -0.3 is 4.74 Å². The van der Waals surface area contributed by atoms with Gasteiger partial charge in [-0.05, 0) is 79.4 Å². The van der Waals surface area contributed by atoms with Crippen molar-refractivity contribution in [2.75, 3.05) is 7.11 Å². The summed E-state index contributed by atoms with van der Waals surface area (Å²) in [4.78, 5) is 0. The summed E-state index contributed by atoms with van der Waals surface area (Å²) < 4.78 is 6.15. The molecule has 7 atom stereocenters. The van der Waals surface area contributed by atoms with Gasteiger partial charge in [0.1, 0.15) is 0 Å². The van der Waals surface area contributed by atoms with Gasteiger partial charge in [-0.25, -0.2) is 0 Å². The minimum Gasteiger partial charge on any atom is -0.381 e. The number of methoxy groups -OCH3 is 1. The lowest BCUT2D eigenvalue weighted by molar-refractivity contribution is -0.171. The summed E-state index contributed by atoms with van der Waals surface area (Å²) in [5.41, 5.74) is 1.19. The lowest BCUT2D eigenvalue weighted by atomic mass is 9.44. The van der Waals surface area contributed by atoms with Crippen molar-refractivity contribution in [3.8, 4) is 0 Å². The van der Waals surface area contributed by atoms with E-state index in [2.05, 4.69) is 13.8 Å². The van der Waals surface area contributed by atoms with Crippen molar-refractivity contribution >= 4 is 0 Å². The fraction of sp³-hybridized carbons (Fsp3) is 1.00. The third-order valence-corrected chi connectivity index (χ3v) is 8.57. The predicted molar refractivity (Wildman–Crippen MR) is 87.1 cm³/mol. The summed E-state index contributed by atoms with van der Waals surface area (Å²) in [7, 11) is 2.00. The van der Waals surface area contributed by atoms with E-state index in [0.717, 1.165) is 23.7 Å². The van der Waals surface area contributed by atoms with E-state index >= 15 is 0 Å². The van der Waals surface area contributed by atoms with Crippen LogP contribution in [0, 0.1) is 34.5 Å². The molecule has 21 heavy (non-hydrogen) atoms. The number of ether oxygens (including phenoxy) is 1. The van der Waals surface area contributed by atoms with E-state index in [1.165, 1.54) is 64.2 Å². The first-order valence-corrected chi connectivity index (χ1v) is 9.61. The summed E-state index contributed by atoms with van der Waals surface area (Å²) in [6.07, 6.45) is 15.3. The van der Waals surface area contributed by atoms with E-state index in [1.54, 1.807) is 0 Å². The van der Waals surface area contributed by atoms with Crippen molar-refractivity contribution < 1.29 is 4.74 Å². The SMILES string of the molecule is COC1CC2(C)CCCC2C2CCC3CCCCC3(C)C12. The lowest BCUT2D eigenvalue weighted by Gasteiger charge is -2.62. The second-order valence-electron chi connectivity index (χ2n) is 9.35. The maximum absolute atomic E-state index is 6.15. The molecule has 0 aliphatic heterocycles. The standard InChI is InChI=1S/C20H34O/c1-19-11-6-8-16(19)15-10-9-14-7-4-5-12-20(14,2)18(15)17(13-19)21-3/h14-18H,4-13H2,1-3H3. The third-order valence-electron chi connectivity index (χ3n) is 8.57. The van der Waals surface area contributed by atoms with Gasteiger partial charge in [0, 0.05) is 7.11 Å². The van der Waals surface area contributed by atoms with Crippen LogP contribution in [0.5, 0.6) is 0 Å². The van der Waals surface area contributed by atoms with Gasteiger partial charge in [0.25, 0.3) is 0 Å². The zero-order valence-electron chi connectivity index (χ0n) is 14.4. The maximum atomic E-state index is 6.15. The molecule has 0 spiro atoms. The molecule has 0 saturated heterocycles. The van der Waals surface area contributed by atoms with Crippen LogP contribution in [0.15, 0.2) is 0 Å². The average Bonchev–Trinajstić information content (AvgIpc) is 2.87. The highest BCUT2D eigenvalue weighted by Crippen LogP contribution is 2.66. The molecular formula is C20H34O. The Labute approximate surface area is 131 Å². The molecule has 0 amide bonds. The van der Waals surface area contributed by atoms with Crippen LogP contribution in [0.25, 0.3) is 0 Å². The Morgan fingerprint density at radius 2 is 1.76 bits per heavy atom. The lowest BCUT2D eigenvalue weighted by Crippen LogP contribution is -2.57. The molecule has 0 aromatic rings. The Kier molecular flexibility index (Phi) is 3.45. The van der Waals surface area contributed by atoms with Crippen LogP contribution in [0.4, 0.5) is 0 Å². The monoisotopic (exact) mass is 290 g/mol. The molecule has 120 valence electrons. The first-order chi connectivity index (χ1) is 10.1. The molecule has 0 aromatic carbocycles. The normalized spacial score (nSPS) is 56.4. The first-order valence-electron chi connectivity index (χ1n) is 9.61. The van der Waals surface area contributed by atoms with Crippen molar-refractivity contribution in [1.29, 1.82) is 0 Å². The zero-order valence-corrected chi connectivity index (χ0v) is 14.4. The van der Waals surface area contributed by atoms with Gasteiger partial charge in [0.2, 0.25) is 0 Å². The minimum absolute atomic E-state index is 0.542. The van der Waals surface area contributed by atoms with Crippen molar-refractivity contribution in [3.05, 3.63) is 0 Å². The van der Waals surface area contributed by atoms with Crippen molar-refractivity contribution in [2.24, 2.45) is 34.5 Å². The molecule has 4 aliphatic carbocycles. The first kappa shape index (κ1) is 14.5. The zero-order chi connectivity index (χ0) is 14.7. The highest BCUT2D eigenvalue weighted by molar-refractivity contribution is 5.09. The van der Waals surface area contributed by atoms with Gasteiger partial charge >= 0.3 is 0 Å². The molecule has 0 radical (unpaired) electrons. The van der Waals surface area contributed by atoms with Crippen LogP contribution >= 0.6 is 0 Å². The topological polar surface area (TPSA) is 9.23 Å². The number of fused-ring (bicyclic) bond motifs is 5. The molecule has 0 bridgehead atoms. The fourth-order valence-electron chi connectivity index (χ4n) is 7.62. The minimum atomic E-state index is 0.542. The van der Waals surface area contributed by atoms with Crippen molar-refractivity contribution in [3.63, 3.8) is 0 Å². The quantitative estimate of drug-likeness (QED) is 0.625. The highest BCUT2D eigenvalue weighted by atomic mass is 16.5. The Morgan fingerprint density at radius 3 is 2.57 bits per heavy atom. The number of hydrogen-bond donors (Lipinski definition) is 0. The Morgan fingerprint density at radius 1 is 0.905 bits per heavy atom. The molecule has 0 heterocycles. The largest absolute Gasteiger partial charge is 0.381 e. The van der Waals surface area contributed by atoms with E-state index in [1.807, 2.05) is 7.11 Å². The van der Waals surface area contributed by atoms with Crippen molar-refractivity contribution in [1.82, 2.24) is 0 Å². The van der Waals surface area contributed by atoms with E-state index < -0.39 is 0 Å². The molecule has 4 aliphatic rings. The van der Waals surface area contributed by atoms with Crippen LogP contribution < -0.4 is 0 Å². The van der Waals surface area contributed by atoms with Gasteiger partial charge in [0.05, 0.1) is 6.10 Å². The van der Waals surface area contributed by atoms with Gasteiger partial charge in [-0.1, -0.05) is 33.1 Å². The van der Waals surface area contributed by atoms with Gasteiger partial charge in [-0.3, -0.25) is 0 Å². The molecule has 1 nitrogen and oxygen atoms in total. The molecule has 0 aromatic heterocycles. The third kappa shape index (κ3) is 1.98. The Balaban J connectivity index is 1.71. The van der Waals surface area contributed by atoms with Gasteiger partial charge in [-0.2, -0.15) is 0 Å². The summed E-state index contributed by atoms with van der Waals surface area (Å²) in [5.74, 6) is 3.83. The van der Waals surface area contributed by atoms with E-state index in [9.17, 15) is 0 Å². The van der Waals surface area contributed by atoms with Crippen LogP contribution in [0.3, 0.4) is 0 Å². The number of hydrogen-bond acceptors (Lipinski definition) is 1. The van der Waals surface area contributed by atoms with Crippen LogP contribution in [-0.2, 0) is 4.74 Å². The van der Waals surface area contributed by atoms with Gasteiger partial charge in [-0.15, -0.1) is 0 Å². The van der Waals surface area contributed by atoms with Crippen molar-refractivity contribution in [2.45, 2.75) is 84.2 Å². The van der Waals surface area contributed by atoms with E-state index in [0.29, 0.717) is 16.9 Å². The molecule has 4 saturated carbocycles. The molecule has 0 N–H and O–H groups in total. The summed E-state index contributed by atoms with van der Waals surface area (Å²) in [6, 6.07) is 0.